The first-order valence-electron chi connectivity index (χ1n) is 9.40. The molecule has 0 fully saturated rings. The second-order valence-corrected chi connectivity index (χ2v) is 8.85. The number of carbonyl (C=O) groups is 1. The van der Waals surface area contributed by atoms with Crippen LogP contribution in [0.2, 0.25) is 0 Å². The minimum atomic E-state index is 0.153. The topological polar surface area (TPSA) is 53.0 Å². The number of hydrogen-bond donors (Lipinski definition) is 1. The van der Waals surface area contributed by atoms with Gasteiger partial charge in [-0.05, 0) is 54.2 Å². The fraction of sp³-hybridized carbons (Fsp3) is 0.476. The second-order valence-electron chi connectivity index (χ2n) is 7.62. The third kappa shape index (κ3) is 3.44. The third-order valence-corrected chi connectivity index (χ3v) is 6.94. The van der Waals surface area contributed by atoms with Crippen LogP contribution in [-0.2, 0) is 30.6 Å². The van der Waals surface area contributed by atoms with Crippen LogP contribution < -0.4 is 4.74 Å². The zero-order valence-electron chi connectivity index (χ0n) is 16.1. The third-order valence-electron chi connectivity index (χ3n) is 5.70. The van der Waals surface area contributed by atoms with Crippen LogP contribution in [0.3, 0.4) is 0 Å². The van der Waals surface area contributed by atoms with E-state index >= 15 is 0 Å². The Bertz CT molecular complexity index is 875. The van der Waals surface area contributed by atoms with Gasteiger partial charge in [-0.3, -0.25) is 9.69 Å². The lowest BCUT2D eigenvalue weighted by atomic mass is 9.90. The van der Waals surface area contributed by atoms with Crippen LogP contribution in [0.5, 0.6) is 11.5 Å². The van der Waals surface area contributed by atoms with E-state index in [1.807, 2.05) is 12.1 Å². The number of phenolic OH excluding ortho intramolecular Hbond substituents is 1. The molecule has 0 saturated carbocycles. The molecule has 144 valence electrons. The molecule has 0 bridgehead atoms. The van der Waals surface area contributed by atoms with E-state index in [9.17, 15) is 9.90 Å². The molecule has 0 spiro atoms. The van der Waals surface area contributed by atoms with Crippen molar-refractivity contribution in [2.24, 2.45) is 0 Å². The zero-order valence-corrected chi connectivity index (χ0v) is 16.9. The Kier molecular flexibility index (Phi) is 4.86. The quantitative estimate of drug-likeness (QED) is 0.881. The van der Waals surface area contributed by atoms with E-state index in [1.165, 1.54) is 21.6 Å². The molecule has 1 aromatic carbocycles. The number of benzene rings is 1. The molecule has 0 aliphatic carbocycles. The number of aromatic hydroxyl groups is 1. The number of thiophene rings is 1. The maximum absolute atomic E-state index is 12.0. The summed E-state index contributed by atoms with van der Waals surface area (Å²) in [5.41, 5.74) is 3.89. The van der Waals surface area contributed by atoms with Crippen molar-refractivity contribution in [2.45, 2.75) is 38.3 Å². The fourth-order valence-electron chi connectivity index (χ4n) is 4.22. The van der Waals surface area contributed by atoms with Gasteiger partial charge in [0.15, 0.2) is 11.5 Å². The van der Waals surface area contributed by atoms with E-state index in [2.05, 4.69) is 11.0 Å². The van der Waals surface area contributed by atoms with E-state index in [0.717, 1.165) is 37.2 Å². The average Bonchev–Trinajstić information content (AvgIpc) is 2.92. The van der Waals surface area contributed by atoms with Gasteiger partial charge < -0.3 is 14.7 Å². The van der Waals surface area contributed by atoms with Gasteiger partial charge in [0.25, 0.3) is 0 Å². The van der Waals surface area contributed by atoms with Crippen LogP contribution in [-0.4, -0.2) is 48.6 Å². The van der Waals surface area contributed by atoms with Crippen molar-refractivity contribution in [3.05, 3.63) is 44.6 Å². The van der Waals surface area contributed by atoms with Gasteiger partial charge in [-0.2, -0.15) is 0 Å². The number of hydrogen-bond acceptors (Lipinski definition) is 5. The normalized spacial score (nSPS) is 18.9. The number of fused-ring (bicyclic) bond motifs is 4. The first-order chi connectivity index (χ1) is 13.0. The lowest BCUT2D eigenvalue weighted by Crippen LogP contribution is -2.34. The summed E-state index contributed by atoms with van der Waals surface area (Å²) in [4.78, 5) is 18.8. The molecule has 1 atom stereocenters. The van der Waals surface area contributed by atoms with E-state index in [-0.39, 0.29) is 11.7 Å². The number of carbonyl (C=O) groups excluding carboxylic acids is 1. The molecular weight excluding hydrogens is 360 g/mol. The number of phenols is 1. The van der Waals surface area contributed by atoms with Gasteiger partial charge in [0.2, 0.25) is 5.91 Å². The first-order valence-corrected chi connectivity index (χ1v) is 10.2. The fourth-order valence-corrected chi connectivity index (χ4v) is 5.40. The summed E-state index contributed by atoms with van der Waals surface area (Å²) in [6, 6.07) is 6.45. The van der Waals surface area contributed by atoms with Crippen LogP contribution in [0.4, 0.5) is 0 Å². The molecule has 6 heteroatoms. The molecule has 0 saturated heterocycles. The molecule has 0 radical (unpaired) electrons. The van der Waals surface area contributed by atoms with Gasteiger partial charge in [-0.25, -0.2) is 0 Å². The number of likely N-dealkylation sites (N-methyl/N-ethyl adjacent to an activating group) is 1. The predicted molar refractivity (Wildman–Crippen MR) is 107 cm³/mol. The van der Waals surface area contributed by atoms with Gasteiger partial charge in [0.1, 0.15) is 0 Å². The number of ether oxygens (including phenoxy) is 1. The predicted octanol–water partition coefficient (Wildman–Crippen LogP) is 3.14. The maximum Gasteiger partial charge on any atom is 0.227 e. The lowest BCUT2D eigenvalue weighted by Gasteiger charge is -2.36. The molecular formula is C21H26N2O3S. The van der Waals surface area contributed by atoms with Crippen LogP contribution >= 0.6 is 11.3 Å². The Labute approximate surface area is 164 Å². The molecule has 4 rings (SSSR count). The molecule has 0 unspecified atom stereocenters. The Morgan fingerprint density at radius 2 is 2.11 bits per heavy atom. The summed E-state index contributed by atoms with van der Waals surface area (Å²) in [7, 11) is 5.21. The Balaban J connectivity index is 1.58. The van der Waals surface area contributed by atoms with Crippen molar-refractivity contribution >= 4 is 17.2 Å². The highest BCUT2D eigenvalue weighted by atomic mass is 32.1. The van der Waals surface area contributed by atoms with Crippen LogP contribution in [0, 0.1) is 0 Å². The van der Waals surface area contributed by atoms with Gasteiger partial charge in [-0.1, -0.05) is 0 Å². The van der Waals surface area contributed by atoms with Crippen LogP contribution in [0.25, 0.3) is 0 Å². The van der Waals surface area contributed by atoms with Gasteiger partial charge >= 0.3 is 0 Å². The zero-order chi connectivity index (χ0) is 19.1. The van der Waals surface area contributed by atoms with Gasteiger partial charge in [0, 0.05) is 43.0 Å². The van der Waals surface area contributed by atoms with Crippen LogP contribution in [0.15, 0.2) is 18.2 Å². The number of methoxy groups -OCH3 is 1. The summed E-state index contributed by atoms with van der Waals surface area (Å²) < 4.78 is 5.28. The highest BCUT2D eigenvalue weighted by molar-refractivity contribution is 7.12. The number of nitrogens with zero attached hydrogens (tertiary/aromatic N) is 2. The standard InChI is InChI=1S/C21H26N2O3S/c1-22(2)21(25)10-15-8-14-12-23-7-6-13-9-19(26-3)18(24)11-16(13)17(23)4-5-20(14)27-15/h8-9,11,17,24H,4-7,10,12H2,1-3H3/t17-/m0/s1. The molecule has 1 amide bonds. The molecule has 5 nitrogen and oxygen atoms in total. The van der Waals surface area contributed by atoms with Crippen molar-refractivity contribution in [3.63, 3.8) is 0 Å². The van der Waals surface area contributed by atoms with Crippen molar-refractivity contribution in [2.75, 3.05) is 27.7 Å². The van der Waals surface area contributed by atoms with E-state index in [0.29, 0.717) is 18.2 Å². The molecule has 27 heavy (non-hydrogen) atoms. The highest BCUT2D eigenvalue weighted by Crippen LogP contribution is 2.42. The SMILES string of the molecule is COc1cc2c(cc1O)[C@@H]1CCc3sc(CC(=O)N(C)C)cc3CN1CC2. The number of amides is 1. The van der Waals surface area contributed by atoms with Crippen molar-refractivity contribution in [1.29, 1.82) is 0 Å². The lowest BCUT2D eigenvalue weighted by molar-refractivity contribution is -0.127. The van der Waals surface area contributed by atoms with E-state index in [1.54, 1.807) is 37.4 Å². The summed E-state index contributed by atoms with van der Waals surface area (Å²) in [5.74, 6) is 0.937. The van der Waals surface area contributed by atoms with E-state index in [4.69, 9.17) is 4.74 Å². The number of aryl methyl sites for hydroxylation is 1. The van der Waals surface area contributed by atoms with Crippen LogP contribution in [0.1, 0.15) is 38.9 Å². The monoisotopic (exact) mass is 386 g/mol. The van der Waals surface area contributed by atoms with Crippen molar-refractivity contribution < 1.29 is 14.6 Å². The van der Waals surface area contributed by atoms with Crippen molar-refractivity contribution in [1.82, 2.24) is 9.80 Å². The largest absolute Gasteiger partial charge is 0.504 e. The first kappa shape index (κ1) is 18.3. The number of rotatable bonds is 3. The minimum Gasteiger partial charge on any atom is -0.504 e. The van der Waals surface area contributed by atoms with E-state index < -0.39 is 0 Å². The average molecular weight is 387 g/mol. The summed E-state index contributed by atoms with van der Waals surface area (Å²) in [5, 5.41) is 10.2. The van der Waals surface area contributed by atoms with Crippen molar-refractivity contribution in [3.8, 4) is 11.5 Å². The smallest absolute Gasteiger partial charge is 0.227 e. The van der Waals surface area contributed by atoms with Gasteiger partial charge in [0.05, 0.1) is 13.5 Å². The Morgan fingerprint density at radius 1 is 1.30 bits per heavy atom. The molecule has 2 aromatic rings. The molecule has 1 aromatic heterocycles. The molecule has 2 aliphatic heterocycles. The second kappa shape index (κ2) is 7.17. The molecule has 1 N–H and O–H groups in total. The Morgan fingerprint density at radius 3 is 2.85 bits per heavy atom. The summed E-state index contributed by atoms with van der Waals surface area (Å²) in [6.07, 6.45) is 3.51. The maximum atomic E-state index is 12.0. The molecule has 2 aliphatic rings. The molecule has 3 heterocycles. The summed E-state index contributed by atoms with van der Waals surface area (Å²) >= 11 is 1.79. The van der Waals surface area contributed by atoms with Gasteiger partial charge in [-0.15, -0.1) is 11.3 Å². The Hall–Kier alpha value is -2.05. The summed E-state index contributed by atoms with van der Waals surface area (Å²) in [6.45, 7) is 1.92. The highest BCUT2D eigenvalue weighted by Gasteiger charge is 2.32. The minimum absolute atomic E-state index is 0.153.